The highest BCUT2D eigenvalue weighted by Crippen LogP contribution is 2.26. The SMILES string of the molecule is COc1ccccc1NCc1c(C)c(C)cc(C)c1C. The van der Waals surface area contributed by atoms with Crippen molar-refractivity contribution in [3.8, 4) is 5.75 Å². The molecule has 106 valence electrons. The van der Waals surface area contributed by atoms with Crippen LogP contribution in [0.3, 0.4) is 0 Å². The Morgan fingerprint density at radius 2 is 1.55 bits per heavy atom. The Labute approximate surface area is 121 Å². The Kier molecular flexibility index (Phi) is 4.33. The summed E-state index contributed by atoms with van der Waals surface area (Å²) >= 11 is 0. The summed E-state index contributed by atoms with van der Waals surface area (Å²) in [4.78, 5) is 0. The average molecular weight is 269 g/mol. The molecular weight excluding hydrogens is 246 g/mol. The van der Waals surface area contributed by atoms with Crippen LogP contribution in [0.1, 0.15) is 27.8 Å². The van der Waals surface area contributed by atoms with Crippen LogP contribution < -0.4 is 10.1 Å². The molecule has 2 nitrogen and oxygen atoms in total. The normalized spacial score (nSPS) is 10.4. The van der Waals surface area contributed by atoms with E-state index < -0.39 is 0 Å². The fourth-order valence-corrected chi connectivity index (χ4v) is 2.54. The minimum atomic E-state index is 0.820. The Balaban J connectivity index is 2.27. The smallest absolute Gasteiger partial charge is 0.141 e. The van der Waals surface area contributed by atoms with Gasteiger partial charge < -0.3 is 10.1 Å². The van der Waals surface area contributed by atoms with E-state index in [-0.39, 0.29) is 0 Å². The standard InChI is InChI=1S/C18H23NO/c1-12-10-13(2)15(4)16(14(12)3)11-19-17-8-6-7-9-18(17)20-5/h6-10,19H,11H2,1-5H3. The van der Waals surface area contributed by atoms with Gasteiger partial charge in [0.05, 0.1) is 12.8 Å². The maximum Gasteiger partial charge on any atom is 0.141 e. The van der Waals surface area contributed by atoms with E-state index in [1.807, 2.05) is 24.3 Å². The van der Waals surface area contributed by atoms with Crippen LogP contribution >= 0.6 is 0 Å². The molecule has 2 aromatic rings. The number of anilines is 1. The van der Waals surface area contributed by atoms with Gasteiger partial charge in [-0.1, -0.05) is 18.2 Å². The number of methoxy groups -OCH3 is 1. The first-order valence-corrected chi connectivity index (χ1v) is 6.97. The Hall–Kier alpha value is -1.96. The number of ether oxygens (including phenoxy) is 1. The quantitative estimate of drug-likeness (QED) is 0.879. The predicted molar refractivity (Wildman–Crippen MR) is 85.7 cm³/mol. The van der Waals surface area contributed by atoms with Crippen LogP contribution in [0.5, 0.6) is 5.75 Å². The molecule has 0 amide bonds. The number of aryl methyl sites for hydroxylation is 2. The summed E-state index contributed by atoms with van der Waals surface area (Å²) in [5.74, 6) is 0.882. The molecule has 0 radical (unpaired) electrons. The molecule has 0 heterocycles. The topological polar surface area (TPSA) is 21.3 Å². The summed E-state index contributed by atoms with van der Waals surface area (Å²) in [7, 11) is 1.70. The maximum absolute atomic E-state index is 5.38. The largest absolute Gasteiger partial charge is 0.495 e. The lowest BCUT2D eigenvalue weighted by Crippen LogP contribution is -2.07. The van der Waals surface area contributed by atoms with Crippen LogP contribution in [0.15, 0.2) is 30.3 Å². The van der Waals surface area contributed by atoms with Gasteiger partial charge in [-0.25, -0.2) is 0 Å². The first-order valence-electron chi connectivity index (χ1n) is 6.97. The van der Waals surface area contributed by atoms with Crippen LogP contribution in [-0.2, 0) is 6.54 Å². The molecule has 20 heavy (non-hydrogen) atoms. The number of hydrogen-bond acceptors (Lipinski definition) is 2. The van der Waals surface area contributed by atoms with Gasteiger partial charge in [-0.3, -0.25) is 0 Å². The Morgan fingerprint density at radius 3 is 2.15 bits per heavy atom. The number of rotatable bonds is 4. The third-order valence-corrected chi connectivity index (χ3v) is 4.08. The lowest BCUT2D eigenvalue weighted by atomic mass is 9.94. The molecular formula is C18H23NO. The molecule has 0 aliphatic carbocycles. The molecule has 2 aromatic carbocycles. The minimum Gasteiger partial charge on any atom is -0.495 e. The minimum absolute atomic E-state index is 0.820. The summed E-state index contributed by atoms with van der Waals surface area (Å²) in [6, 6.07) is 10.3. The van der Waals surface area contributed by atoms with E-state index in [0.29, 0.717) is 0 Å². The summed E-state index contributed by atoms with van der Waals surface area (Å²) in [5.41, 5.74) is 7.86. The molecule has 2 rings (SSSR count). The van der Waals surface area contributed by atoms with Crippen molar-refractivity contribution in [3.05, 3.63) is 58.1 Å². The number of nitrogens with one attached hydrogen (secondary N) is 1. The van der Waals surface area contributed by atoms with E-state index in [4.69, 9.17) is 4.74 Å². The molecule has 1 N–H and O–H groups in total. The van der Waals surface area contributed by atoms with Crippen LogP contribution in [0.2, 0.25) is 0 Å². The van der Waals surface area contributed by atoms with E-state index in [1.54, 1.807) is 7.11 Å². The molecule has 0 aliphatic heterocycles. The fraction of sp³-hybridized carbons (Fsp3) is 0.333. The van der Waals surface area contributed by atoms with Gasteiger partial charge in [-0.05, 0) is 67.6 Å². The zero-order chi connectivity index (χ0) is 14.7. The van der Waals surface area contributed by atoms with E-state index in [9.17, 15) is 0 Å². The molecule has 0 bridgehead atoms. The second-order valence-electron chi connectivity index (χ2n) is 5.29. The lowest BCUT2D eigenvalue weighted by molar-refractivity contribution is 0.416. The third-order valence-electron chi connectivity index (χ3n) is 4.08. The van der Waals surface area contributed by atoms with Gasteiger partial charge in [0, 0.05) is 6.54 Å². The van der Waals surface area contributed by atoms with Crippen molar-refractivity contribution in [1.82, 2.24) is 0 Å². The van der Waals surface area contributed by atoms with E-state index >= 15 is 0 Å². The molecule has 0 atom stereocenters. The monoisotopic (exact) mass is 269 g/mol. The molecule has 0 saturated carbocycles. The van der Waals surface area contributed by atoms with Crippen LogP contribution in [0.4, 0.5) is 5.69 Å². The van der Waals surface area contributed by atoms with E-state index in [1.165, 1.54) is 27.8 Å². The van der Waals surface area contributed by atoms with Gasteiger partial charge in [-0.15, -0.1) is 0 Å². The van der Waals surface area contributed by atoms with Gasteiger partial charge in [0.2, 0.25) is 0 Å². The lowest BCUT2D eigenvalue weighted by Gasteiger charge is -2.17. The summed E-state index contributed by atoms with van der Waals surface area (Å²) in [6.07, 6.45) is 0. The van der Waals surface area contributed by atoms with E-state index in [0.717, 1.165) is 18.0 Å². The highest BCUT2D eigenvalue weighted by atomic mass is 16.5. The second-order valence-corrected chi connectivity index (χ2v) is 5.29. The molecule has 0 unspecified atom stereocenters. The summed E-state index contributed by atoms with van der Waals surface area (Å²) < 4.78 is 5.38. The third kappa shape index (κ3) is 2.79. The van der Waals surface area contributed by atoms with Crippen molar-refractivity contribution >= 4 is 5.69 Å². The van der Waals surface area contributed by atoms with Crippen LogP contribution in [0, 0.1) is 27.7 Å². The average Bonchev–Trinajstić information content (AvgIpc) is 2.45. The van der Waals surface area contributed by atoms with Gasteiger partial charge in [0.15, 0.2) is 0 Å². The number of para-hydroxylation sites is 2. The zero-order valence-corrected chi connectivity index (χ0v) is 13.0. The van der Waals surface area contributed by atoms with Gasteiger partial charge in [0.25, 0.3) is 0 Å². The van der Waals surface area contributed by atoms with Crippen molar-refractivity contribution < 1.29 is 4.74 Å². The Bertz CT molecular complexity index is 591. The Morgan fingerprint density at radius 1 is 0.950 bits per heavy atom. The molecule has 0 spiro atoms. The fourth-order valence-electron chi connectivity index (χ4n) is 2.54. The molecule has 0 fully saturated rings. The molecule has 0 saturated heterocycles. The van der Waals surface area contributed by atoms with Crippen molar-refractivity contribution in [1.29, 1.82) is 0 Å². The predicted octanol–water partition coefficient (Wildman–Crippen LogP) is 4.54. The summed E-state index contributed by atoms with van der Waals surface area (Å²) in [6.45, 7) is 9.56. The first kappa shape index (κ1) is 14.4. The summed E-state index contributed by atoms with van der Waals surface area (Å²) in [5, 5.41) is 3.49. The van der Waals surface area contributed by atoms with Crippen molar-refractivity contribution in [2.75, 3.05) is 12.4 Å². The first-order chi connectivity index (χ1) is 9.54. The van der Waals surface area contributed by atoms with Crippen molar-refractivity contribution in [2.24, 2.45) is 0 Å². The number of benzene rings is 2. The van der Waals surface area contributed by atoms with Crippen molar-refractivity contribution in [2.45, 2.75) is 34.2 Å². The van der Waals surface area contributed by atoms with Crippen LogP contribution in [-0.4, -0.2) is 7.11 Å². The van der Waals surface area contributed by atoms with Crippen molar-refractivity contribution in [3.63, 3.8) is 0 Å². The molecule has 2 heteroatoms. The van der Waals surface area contributed by atoms with E-state index in [2.05, 4.69) is 39.1 Å². The highest BCUT2D eigenvalue weighted by Gasteiger charge is 2.09. The number of hydrogen-bond donors (Lipinski definition) is 1. The van der Waals surface area contributed by atoms with Crippen LogP contribution in [0.25, 0.3) is 0 Å². The zero-order valence-electron chi connectivity index (χ0n) is 13.0. The maximum atomic E-state index is 5.38. The van der Waals surface area contributed by atoms with Gasteiger partial charge >= 0.3 is 0 Å². The highest BCUT2D eigenvalue weighted by molar-refractivity contribution is 5.57. The second kappa shape index (κ2) is 6.00. The van der Waals surface area contributed by atoms with Gasteiger partial charge in [-0.2, -0.15) is 0 Å². The molecule has 0 aromatic heterocycles. The van der Waals surface area contributed by atoms with Gasteiger partial charge in [0.1, 0.15) is 5.75 Å². The molecule has 0 aliphatic rings.